The molecule has 1 saturated heterocycles. The lowest BCUT2D eigenvalue weighted by Crippen LogP contribution is -2.44. The topological polar surface area (TPSA) is 42.2 Å². The van der Waals surface area contributed by atoms with Gasteiger partial charge in [0, 0.05) is 53.1 Å². The van der Waals surface area contributed by atoms with Gasteiger partial charge in [0.15, 0.2) is 0 Å². The Morgan fingerprint density at radius 2 is 1.77 bits per heavy atom. The predicted molar refractivity (Wildman–Crippen MR) is 146 cm³/mol. The largest absolute Gasteiger partial charge is 0.417 e. The number of rotatable bonds is 4. The number of hydrogen-bond donors (Lipinski definition) is 0. The third-order valence-corrected chi connectivity index (χ3v) is 8.78. The number of benzene rings is 2. The summed E-state index contributed by atoms with van der Waals surface area (Å²) < 4.78 is 47.0. The first kappa shape index (κ1) is 24.4. The standard InChI is InChI=1S/C32H30F3N3O/c1-20-14-23-8-9-25(16-24(23)19-36-20)38-12-10-31(11-13-38)17-21(18-31)15-27-29(37-39-30(27)22-6-7-22)26-4-2-3-5-28(26)32(33,34)35/h2-5,8-9,14-16,19,22H,6-7,10-13,17-18H2,1H3. The van der Waals surface area contributed by atoms with E-state index in [-0.39, 0.29) is 16.9 Å². The highest BCUT2D eigenvalue weighted by Gasteiger charge is 2.44. The van der Waals surface area contributed by atoms with Gasteiger partial charge in [-0.2, -0.15) is 13.2 Å². The molecular weight excluding hydrogens is 499 g/mol. The van der Waals surface area contributed by atoms with Crippen LogP contribution in [0.3, 0.4) is 0 Å². The molecular formula is C32H30F3N3O. The van der Waals surface area contributed by atoms with Gasteiger partial charge in [0.2, 0.25) is 0 Å². The van der Waals surface area contributed by atoms with E-state index < -0.39 is 11.7 Å². The third-order valence-electron chi connectivity index (χ3n) is 8.78. The minimum atomic E-state index is -4.45. The van der Waals surface area contributed by atoms with Gasteiger partial charge in [-0.05, 0) is 86.6 Å². The number of halogens is 3. The highest BCUT2D eigenvalue weighted by molar-refractivity contribution is 5.85. The fraction of sp³-hybridized carbons (Fsp3) is 0.375. The molecule has 39 heavy (non-hydrogen) atoms. The Morgan fingerprint density at radius 1 is 1.00 bits per heavy atom. The van der Waals surface area contributed by atoms with Crippen molar-refractivity contribution in [3.05, 3.63) is 82.9 Å². The number of aromatic nitrogens is 2. The number of aryl methyl sites for hydroxylation is 1. The lowest BCUT2D eigenvalue weighted by atomic mass is 9.60. The van der Waals surface area contributed by atoms with Crippen molar-refractivity contribution in [2.24, 2.45) is 5.41 Å². The van der Waals surface area contributed by atoms with Crippen molar-refractivity contribution in [3.63, 3.8) is 0 Å². The zero-order valence-electron chi connectivity index (χ0n) is 21.9. The molecule has 0 amide bonds. The first-order valence-corrected chi connectivity index (χ1v) is 13.8. The van der Waals surface area contributed by atoms with Gasteiger partial charge in [0.05, 0.1) is 5.56 Å². The molecule has 4 nitrogen and oxygen atoms in total. The summed E-state index contributed by atoms with van der Waals surface area (Å²) in [6.45, 7) is 4.02. The van der Waals surface area contributed by atoms with Crippen LogP contribution >= 0.6 is 0 Å². The quantitative estimate of drug-likeness (QED) is 0.266. The molecule has 2 aliphatic carbocycles. The van der Waals surface area contributed by atoms with E-state index in [0.29, 0.717) is 5.69 Å². The molecule has 2 saturated carbocycles. The summed E-state index contributed by atoms with van der Waals surface area (Å²) in [5, 5.41) is 6.55. The van der Waals surface area contributed by atoms with E-state index in [9.17, 15) is 13.2 Å². The second-order valence-electron chi connectivity index (χ2n) is 11.6. The lowest BCUT2D eigenvalue weighted by molar-refractivity contribution is -0.137. The van der Waals surface area contributed by atoms with Crippen LogP contribution in [0.25, 0.3) is 28.1 Å². The van der Waals surface area contributed by atoms with E-state index in [1.165, 1.54) is 28.8 Å². The summed E-state index contributed by atoms with van der Waals surface area (Å²) in [5.41, 5.74) is 4.31. The van der Waals surface area contributed by atoms with Gasteiger partial charge in [-0.15, -0.1) is 0 Å². The number of allylic oxidation sites excluding steroid dienone is 1. The van der Waals surface area contributed by atoms with Gasteiger partial charge in [-0.25, -0.2) is 0 Å². The van der Waals surface area contributed by atoms with Gasteiger partial charge >= 0.3 is 6.18 Å². The van der Waals surface area contributed by atoms with E-state index >= 15 is 0 Å². The van der Waals surface area contributed by atoms with Crippen LogP contribution in [-0.2, 0) is 6.18 Å². The maximum absolute atomic E-state index is 13.8. The van der Waals surface area contributed by atoms with Crippen LogP contribution in [0, 0.1) is 12.3 Å². The Kier molecular flexibility index (Phi) is 5.62. The Hall–Kier alpha value is -3.61. The number of pyridine rings is 1. The highest BCUT2D eigenvalue weighted by Crippen LogP contribution is 2.54. The molecule has 7 rings (SSSR count). The maximum Gasteiger partial charge on any atom is 0.417 e. The SMILES string of the molecule is Cc1cc2ccc(N3CCC4(CC3)CC(=Cc3c(-c5ccccc5C(F)(F)F)noc3C3CC3)C4)cc2cn1. The average Bonchev–Trinajstić information content (AvgIpc) is 3.67. The molecule has 7 heteroatoms. The second kappa shape index (κ2) is 8.97. The minimum absolute atomic E-state index is 0.0931. The van der Waals surface area contributed by atoms with E-state index in [4.69, 9.17) is 4.52 Å². The average molecular weight is 530 g/mol. The van der Waals surface area contributed by atoms with Crippen molar-refractivity contribution >= 4 is 22.5 Å². The summed E-state index contributed by atoms with van der Waals surface area (Å²) >= 11 is 0. The normalized spacial score (nSPS) is 19.0. The molecule has 0 unspecified atom stereocenters. The van der Waals surface area contributed by atoms with Crippen LogP contribution in [0.5, 0.6) is 0 Å². The molecule has 2 aromatic carbocycles. The van der Waals surface area contributed by atoms with Gasteiger partial charge < -0.3 is 9.42 Å². The fourth-order valence-electron chi connectivity index (χ4n) is 6.47. The Labute approximate surface area is 225 Å². The van der Waals surface area contributed by atoms with E-state index in [2.05, 4.69) is 45.4 Å². The lowest BCUT2D eigenvalue weighted by Gasteiger charge is -2.50. The van der Waals surface area contributed by atoms with Crippen molar-refractivity contribution in [2.75, 3.05) is 18.0 Å². The highest BCUT2D eigenvalue weighted by atomic mass is 19.4. The molecule has 3 heterocycles. The number of nitrogens with zero attached hydrogens (tertiary/aromatic N) is 3. The number of anilines is 1. The maximum atomic E-state index is 13.8. The predicted octanol–water partition coefficient (Wildman–Crippen LogP) is 8.56. The summed E-state index contributed by atoms with van der Waals surface area (Å²) in [6.07, 6.45) is 5.76. The fourth-order valence-corrected chi connectivity index (χ4v) is 6.47. The molecule has 0 atom stereocenters. The minimum Gasteiger partial charge on any atom is -0.371 e. The zero-order chi connectivity index (χ0) is 26.8. The molecule has 3 fully saturated rings. The summed E-state index contributed by atoms with van der Waals surface area (Å²) in [6, 6.07) is 14.4. The van der Waals surface area contributed by atoms with E-state index in [1.807, 2.05) is 13.1 Å². The molecule has 1 aliphatic heterocycles. The molecule has 4 aromatic rings. The molecule has 2 aromatic heterocycles. The van der Waals surface area contributed by atoms with E-state index in [0.717, 1.165) is 80.1 Å². The molecule has 1 spiro atoms. The summed E-state index contributed by atoms with van der Waals surface area (Å²) in [7, 11) is 0. The van der Waals surface area contributed by atoms with Crippen LogP contribution in [0.1, 0.15) is 67.0 Å². The number of alkyl halides is 3. The molecule has 0 N–H and O–H groups in total. The Bertz CT molecular complexity index is 1580. The third kappa shape index (κ3) is 4.52. The number of fused-ring (bicyclic) bond motifs is 1. The van der Waals surface area contributed by atoms with Gasteiger partial charge in [-0.1, -0.05) is 35.0 Å². The zero-order valence-corrected chi connectivity index (χ0v) is 21.9. The smallest absolute Gasteiger partial charge is 0.371 e. The van der Waals surface area contributed by atoms with E-state index in [1.54, 1.807) is 6.07 Å². The molecule has 0 bridgehead atoms. The van der Waals surface area contributed by atoms with Crippen molar-refractivity contribution in [3.8, 4) is 11.3 Å². The Balaban J connectivity index is 1.10. The van der Waals surface area contributed by atoms with Crippen LogP contribution in [-0.4, -0.2) is 23.2 Å². The van der Waals surface area contributed by atoms with Crippen molar-refractivity contribution in [2.45, 2.75) is 57.5 Å². The van der Waals surface area contributed by atoms with Gasteiger partial charge in [0.1, 0.15) is 11.5 Å². The van der Waals surface area contributed by atoms with Crippen LogP contribution in [0.2, 0.25) is 0 Å². The van der Waals surface area contributed by atoms with Crippen LogP contribution in [0.15, 0.2) is 64.8 Å². The first-order chi connectivity index (χ1) is 18.8. The molecule has 200 valence electrons. The molecule has 0 radical (unpaired) electrons. The second-order valence-corrected chi connectivity index (χ2v) is 11.6. The molecule has 3 aliphatic rings. The summed E-state index contributed by atoms with van der Waals surface area (Å²) in [4.78, 5) is 6.91. The van der Waals surface area contributed by atoms with Crippen molar-refractivity contribution < 1.29 is 17.7 Å². The first-order valence-electron chi connectivity index (χ1n) is 13.8. The van der Waals surface area contributed by atoms with Gasteiger partial charge in [-0.3, -0.25) is 4.98 Å². The van der Waals surface area contributed by atoms with Crippen molar-refractivity contribution in [1.29, 1.82) is 0 Å². The van der Waals surface area contributed by atoms with Crippen molar-refractivity contribution in [1.82, 2.24) is 10.1 Å². The van der Waals surface area contributed by atoms with Crippen LogP contribution in [0.4, 0.5) is 18.9 Å². The number of piperidine rings is 1. The Morgan fingerprint density at radius 3 is 2.51 bits per heavy atom. The van der Waals surface area contributed by atoms with Gasteiger partial charge in [0.25, 0.3) is 0 Å². The van der Waals surface area contributed by atoms with Crippen LogP contribution < -0.4 is 4.90 Å². The number of hydrogen-bond acceptors (Lipinski definition) is 4. The summed E-state index contributed by atoms with van der Waals surface area (Å²) in [5.74, 6) is 1.00. The monoisotopic (exact) mass is 529 g/mol.